The molecule has 3 aromatic rings. The molecule has 0 atom stereocenters. The van der Waals surface area contributed by atoms with Gasteiger partial charge in [0.1, 0.15) is 5.56 Å². The number of esters is 1. The number of aromatic nitrogens is 1. The third kappa shape index (κ3) is 1.65. The van der Waals surface area contributed by atoms with Gasteiger partial charge in [-0.2, -0.15) is 0 Å². The fraction of sp³-hybridized carbons (Fsp3) is 0.188. The van der Waals surface area contributed by atoms with Crippen LogP contribution in [0.2, 0.25) is 0 Å². The minimum atomic E-state index is -0.389. The summed E-state index contributed by atoms with van der Waals surface area (Å²) >= 11 is 0. The largest absolute Gasteiger partial charge is 0.494 e. The molecule has 0 aliphatic heterocycles. The van der Waals surface area contributed by atoms with Crippen LogP contribution < -0.4 is 4.74 Å². The highest BCUT2D eigenvalue weighted by atomic mass is 16.5. The molecule has 0 saturated heterocycles. The van der Waals surface area contributed by atoms with E-state index in [4.69, 9.17) is 9.47 Å². The Morgan fingerprint density at radius 3 is 2.60 bits per heavy atom. The molecule has 102 valence electrons. The third-order valence-electron chi connectivity index (χ3n) is 3.55. The Morgan fingerprint density at radius 1 is 1.15 bits per heavy atom. The topological polar surface area (TPSA) is 51.3 Å². The van der Waals surface area contributed by atoms with Gasteiger partial charge in [0, 0.05) is 16.3 Å². The van der Waals surface area contributed by atoms with Gasteiger partial charge < -0.3 is 14.5 Å². The van der Waals surface area contributed by atoms with Crippen molar-refractivity contribution in [3.8, 4) is 5.75 Å². The molecular weight excluding hydrogens is 254 g/mol. The molecule has 2 aromatic carbocycles. The van der Waals surface area contributed by atoms with Crippen molar-refractivity contribution in [2.75, 3.05) is 14.2 Å². The number of H-pyrrole nitrogens is 1. The lowest BCUT2D eigenvalue weighted by molar-refractivity contribution is 0.0596. The molecule has 0 saturated carbocycles. The monoisotopic (exact) mass is 269 g/mol. The van der Waals surface area contributed by atoms with E-state index in [0.29, 0.717) is 11.3 Å². The van der Waals surface area contributed by atoms with Crippen molar-refractivity contribution < 1.29 is 14.3 Å². The molecular formula is C16H15NO3. The Kier molecular flexibility index (Phi) is 2.86. The van der Waals surface area contributed by atoms with Gasteiger partial charge in [-0.05, 0) is 24.6 Å². The fourth-order valence-electron chi connectivity index (χ4n) is 2.65. The molecule has 0 aliphatic carbocycles. The van der Waals surface area contributed by atoms with Gasteiger partial charge >= 0.3 is 5.97 Å². The average molecular weight is 269 g/mol. The summed E-state index contributed by atoms with van der Waals surface area (Å²) in [5.41, 5.74) is 3.14. The molecule has 0 spiro atoms. The van der Waals surface area contributed by atoms with Crippen LogP contribution in [0.25, 0.3) is 21.8 Å². The molecule has 0 amide bonds. The number of carbonyl (C=O) groups excluding carboxylic acids is 1. The van der Waals surface area contributed by atoms with Gasteiger partial charge in [-0.3, -0.25) is 0 Å². The lowest BCUT2D eigenvalue weighted by Gasteiger charge is -2.11. The zero-order chi connectivity index (χ0) is 14.3. The average Bonchev–Trinajstić information content (AvgIpc) is 2.83. The summed E-state index contributed by atoms with van der Waals surface area (Å²) in [6.07, 6.45) is 0. The summed E-state index contributed by atoms with van der Waals surface area (Å²) in [5, 5.41) is 2.16. The Hall–Kier alpha value is -2.49. The predicted octanol–water partition coefficient (Wildman–Crippen LogP) is 3.42. The Balaban J connectivity index is 2.47. The van der Waals surface area contributed by atoms with E-state index in [-0.39, 0.29) is 5.97 Å². The normalized spacial score (nSPS) is 10.9. The first-order chi connectivity index (χ1) is 9.67. The molecule has 0 radical (unpaired) electrons. The number of aromatic amines is 1. The maximum atomic E-state index is 12.0. The van der Waals surface area contributed by atoms with Crippen LogP contribution in [0.5, 0.6) is 5.75 Å². The minimum Gasteiger partial charge on any atom is -0.494 e. The van der Waals surface area contributed by atoms with Crippen molar-refractivity contribution in [3.05, 3.63) is 41.5 Å². The van der Waals surface area contributed by atoms with Gasteiger partial charge in [0.25, 0.3) is 0 Å². The van der Waals surface area contributed by atoms with E-state index in [1.54, 1.807) is 7.11 Å². The Morgan fingerprint density at radius 2 is 1.90 bits per heavy atom. The highest BCUT2D eigenvalue weighted by Gasteiger charge is 2.21. The van der Waals surface area contributed by atoms with Gasteiger partial charge in [-0.15, -0.1) is 0 Å². The number of para-hydroxylation sites is 1. The quantitative estimate of drug-likeness (QED) is 0.725. The van der Waals surface area contributed by atoms with Crippen LogP contribution in [0.1, 0.15) is 15.9 Å². The van der Waals surface area contributed by atoms with Gasteiger partial charge in [0.15, 0.2) is 5.75 Å². The maximum Gasteiger partial charge on any atom is 0.342 e. The summed E-state index contributed by atoms with van der Waals surface area (Å²) in [6, 6.07) is 10.00. The lowest BCUT2D eigenvalue weighted by atomic mass is 10.0. The van der Waals surface area contributed by atoms with Crippen molar-refractivity contribution in [3.63, 3.8) is 0 Å². The van der Waals surface area contributed by atoms with Crippen molar-refractivity contribution >= 4 is 27.8 Å². The molecule has 1 heterocycles. The second-order valence-corrected chi connectivity index (χ2v) is 4.69. The molecule has 0 bridgehead atoms. The first kappa shape index (κ1) is 12.5. The molecule has 4 nitrogen and oxygen atoms in total. The zero-order valence-electron chi connectivity index (χ0n) is 11.6. The number of hydrogen-bond acceptors (Lipinski definition) is 3. The van der Waals surface area contributed by atoms with E-state index >= 15 is 0 Å². The molecule has 0 fully saturated rings. The molecule has 0 aliphatic rings. The van der Waals surface area contributed by atoms with Gasteiger partial charge in [-0.25, -0.2) is 4.79 Å². The maximum absolute atomic E-state index is 12.0. The first-order valence-corrected chi connectivity index (χ1v) is 6.33. The number of benzene rings is 2. The minimum absolute atomic E-state index is 0.389. The van der Waals surface area contributed by atoms with Crippen molar-refractivity contribution in [1.29, 1.82) is 0 Å². The molecule has 1 N–H and O–H groups in total. The van der Waals surface area contributed by atoms with Crippen LogP contribution in [0.15, 0.2) is 30.3 Å². The first-order valence-electron chi connectivity index (χ1n) is 6.33. The van der Waals surface area contributed by atoms with Crippen molar-refractivity contribution in [1.82, 2.24) is 4.98 Å². The molecule has 4 heteroatoms. The fourth-order valence-corrected chi connectivity index (χ4v) is 2.65. The highest BCUT2D eigenvalue weighted by molar-refractivity contribution is 6.12. The number of carbonyl (C=O) groups is 1. The number of ether oxygens (including phenoxy) is 2. The van der Waals surface area contributed by atoms with E-state index in [1.165, 1.54) is 7.11 Å². The zero-order valence-corrected chi connectivity index (χ0v) is 11.6. The predicted molar refractivity (Wildman–Crippen MR) is 78.4 cm³/mol. The number of hydrogen-bond donors (Lipinski definition) is 1. The number of nitrogens with one attached hydrogen (secondary N) is 1. The molecule has 3 rings (SSSR count). The van der Waals surface area contributed by atoms with Crippen LogP contribution in [-0.2, 0) is 4.74 Å². The molecule has 20 heavy (non-hydrogen) atoms. The second-order valence-electron chi connectivity index (χ2n) is 4.69. The van der Waals surface area contributed by atoms with Crippen LogP contribution in [0.3, 0.4) is 0 Å². The van der Waals surface area contributed by atoms with E-state index in [1.807, 2.05) is 37.3 Å². The summed E-state index contributed by atoms with van der Waals surface area (Å²) in [7, 11) is 2.93. The number of aryl methyl sites for hydroxylation is 1. The summed E-state index contributed by atoms with van der Waals surface area (Å²) in [6.45, 7) is 1.88. The summed E-state index contributed by atoms with van der Waals surface area (Å²) < 4.78 is 10.3. The van der Waals surface area contributed by atoms with Crippen molar-refractivity contribution in [2.24, 2.45) is 0 Å². The van der Waals surface area contributed by atoms with Crippen molar-refractivity contribution in [2.45, 2.75) is 6.92 Å². The van der Waals surface area contributed by atoms with E-state index in [0.717, 1.165) is 27.4 Å². The van der Waals surface area contributed by atoms with Gasteiger partial charge in [0.05, 0.1) is 19.7 Å². The Labute approximate surface area is 116 Å². The number of fused-ring (bicyclic) bond motifs is 3. The van der Waals surface area contributed by atoms with E-state index < -0.39 is 0 Å². The molecule has 0 unspecified atom stereocenters. The lowest BCUT2D eigenvalue weighted by Crippen LogP contribution is -2.07. The van der Waals surface area contributed by atoms with Gasteiger partial charge in [0.2, 0.25) is 0 Å². The highest BCUT2D eigenvalue weighted by Crippen LogP contribution is 2.36. The standard InChI is InChI=1S/C16H15NO3/c1-9-8-11-10-6-4-5-7-12(10)17-14(11)15(19-2)13(9)16(18)20-3/h4-8,17H,1-3H3. The van der Waals surface area contributed by atoms with Crippen LogP contribution in [-0.4, -0.2) is 25.2 Å². The third-order valence-corrected chi connectivity index (χ3v) is 3.55. The van der Waals surface area contributed by atoms with Crippen LogP contribution in [0, 0.1) is 6.92 Å². The van der Waals surface area contributed by atoms with Gasteiger partial charge in [-0.1, -0.05) is 18.2 Å². The SMILES string of the molecule is COC(=O)c1c(C)cc2c([nH]c3ccccc32)c1OC. The smallest absolute Gasteiger partial charge is 0.342 e. The Bertz CT molecular complexity index is 817. The molecule has 1 aromatic heterocycles. The number of methoxy groups -OCH3 is 2. The van der Waals surface area contributed by atoms with E-state index in [2.05, 4.69) is 4.98 Å². The summed E-state index contributed by atoms with van der Waals surface area (Å²) in [4.78, 5) is 15.3. The van der Waals surface area contributed by atoms with Crippen LogP contribution >= 0.6 is 0 Å². The van der Waals surface area contributed by atoms with E-state index in [9.17, 15) is 4.79 Å². The number of rotatable bonds is 2. The summed E-state index contributed by atoms with van der Waals surface area (Å²) in [5.74, 6) is 0.142. The second kappa shape index (κ2) is 4.56. The van der Waals surface area contributed by atoms with Crippen LogP contribution in [0.4, 0.5) is 0 Å².